The molecule has 1 aromatic rings. The summed E-state index contributed by atoms with van der Waals surface area (Å²) in [5.74, 6) is 0.939. The van der Waals surface area contributed by atoms with Crippen molar-refractivity contribution in [1.29, 1.82) is 0 Å². The van der Waals surface area contributed by atoms with Crippen molar-refractivity contribution in [3.63, 3.8) is 0 Å². The number of nitrogens with one attached hydrogen (secondary N) is 1. The largest absolute Gasteiger partial charge is 0.377 e. The number of halogens is 1. The number of anilines is 1. The van der Waals surface area contributed by atoms with Crippen LogP contribution in [0, 0.1) is 0 Å². The Hall–Kier alpha value is -0.880. The Kier molecular flexibility index (Phi) is 4.64. The fourth-order valence-electron chi connectivity index (χ4n) is 2.69. The third kappa shape index (κ3) is 3.48. The van der Waals surface area contributed by atoms with Gasteiger partial charge in [0.1, 0.15) is 18.0 Å². The van der Waals surface area contributed by atoms with E-state index in [0.717, 1.165) is 36.2 Å². The topological polar surface area (TPSA) is 46.6 Å². The molecule has 1 N–H and O–H groups in total. The van der Waals surface area contributed by atoms with Gasteiger partial charge in [-0.05, 0) is 25.0 Å². The summed E-state index contributed by atoms with van der Waals surface area (Å²) in [6.07, 6.45) is 2.68. The molecule has 0 radical (unpaired) electrons. The number of pyridine rings is 1. The maximum Gasteiger partial charge on any atom is 0.129 e. The van der Waals surface area contributed by atoms with Crippen LogP contribution in [0.15, 0.2) is 12.1 Å². The molecule has 3 rings (SSSR count). The van der Waals surface area contributed by atoms with Crippen molar-refractivity contribution < 1.29 is 9.47 Å². The molecular weight excluding hydrogens is 290 g/mol. The van der Waals surface area contributed by atoms with Crippen LogP contribution in [-0.4, -0.2) is 50.5 Å². The Balaban J connectivity index is 1.71. The Labute approximate surface area is 130 Å². The van der Waals surface area contributed by atoms with Crippen LogP contribution in [0.5, 0.6) is 0 Å². The highest BCUT2D eigenvalue weighted by Gasteiger charge is 2.33. The standard InChI is InChI=1S/C15H22ClN3O2/c1-20-13-8-19(9-14(13)21-2)15-6-5-11(16)12(18-15)7-17-10-3-4-10/h5-6,10,13-14,17H,3-4,7-9H2,1-2H3. The van der Waals surface area contributed by atoms with Gasteiger partial charge in [-0.15, -0.1) is 0 Å². The second-order valence-corrected chi connectivity index (χ2v) is 6.11. The van der Waals surface area contributed by atoms with E-state index in [4.69, 9.17) is 26.1 Å². The normalized spacial score (nSPS) is 25.6. The van der Waals surface area contributed by atoms with Crippen LogP contribution >= 0.6 is 11.6 Å². The SMILES string of the molecule is COC1CN(c2ccc(Cl)c(CNC3CC3)n2)CC1OC. The van der Waals surface area contributed by atoms with E-state index < -0.39 is 0 Å². The Morgan fingerprint density at radius 1 is 1.24 bits per heavy atom. The second kappa shape index (κ2) is 6.48. The maximum atomic E-state index is 6.25. The molecule has 2 heterocycles. The number of hydrogen-bond donors (Lipinski definition) is 1. The van der Waals surface area contributed by atoms with Crippen molar-refractivity contribution in [2.75, 3.05) is 32.2 Å². The summed E-state index contributed by atoms with van der Waals surface area (Å²) in [5, 5.41) is 4.18. The highest BCUT2D eigenvalue weighted by atomic mass is 35.5. The lowest BCUT2D eigenvalue weighted by atomic mass is 10.3. The average molecular weight is 312 g/mol. The molecule has 5 nitrogen and oxygen atoms in total. The lowest BCUT2D eigenvalue weighted by Crippen LogP contribution is -2.27. The Bertz CT molecular complexity index is 484. The lowest BCUT2D eigenvalue weighted by molar-refractivity contribution is -0.00461. The summed E-state index contributed by atoms with van der Waals surface area (Å²) in [4.78, 5) is 6.91. The summed E-state index contributed by atoms with van der Waals surface area (Å²) in [7, 11) is 3.45. The minimum absolute atomic E-state index is 0.0838. The molecular formula is C15H22ClN3O2. The van der Waals surface area contributed by atoms with Crippen molar-refractivity contribution in [2.24, 2.45) is 0 Å². The fourth-order valence-corrected chi connectivity index (χ4v) is 2.86. The van der Waals surface area contributed by atoms with Crippen LogP contribution < -0.4 is 10.2 Å². The lowest BCUT2D eigenvalue weighted by Gasteiger charge is -2.18. The highest BCUT2D eigenvalue weighted by molar-refractivity contribution is 6.31. The minimum Gasteiger partial charge on any atom is -0.377 e. The van der Waals surface area contributed by atoms with E-state index in [1.807, 2.05) is 12.1 Å². The van der Waals surface area contributed by atoms with E-state index in [1.54, 1.807) is 14.2 Å². The van der Waals surface area contributed by atoms with Crippen LogP contribution in [-0.2, 0) is 16.0 Å². The quantitative estimate of drug-likeness (QED) is 0.868. The van der Waals surface area contributed by atoms with Gasteiger partial charge in [0.2, 0.25) is 0 Å². The molecule has 2 unspecified atom stereocenters. The Morgan fingerprint density at radius 2 is 1.90 bits per heavy atom. The minimum atomic E-state index is 0.0838. The first kappa shape index (κ1) is 15.0. The molecule has 1 saturated carbocycles. The predicted octanol–water partition coefficient (Wildman–Crippen LogP) is 1.84. The molecule has 116 valence electrons. The molecule has 1 aliphatic carbocycles. The number of nitrogens with zero attached hydrogens (tertiary/aromatic N) is 2. The van der Waals surface area contributed by atoms with Crippen LogP contribution in [0.2, 0.25) is 5.02 Å². The summed E-state index contributed by atoms with van der Waals surface area (Å²) < 4.78 is 10.9. The summed E-state index contributed by atoms with van der Waals surface area (Å²) in [6, 6.07) is 4.54. The number of rotatable bonds is 6. The fraction of sp³-hybridized carbons (Fsp3) is 0.667. The van der Waals surface area contributed by atoms with E-state index in [1.165, 1.54) is 12.8 Å². The number of methoxy groups -OCH3 is 2. The summed E-state index contributed by atoms with van der Waals surface area (Å²) >= 11 is 6.25. The van der Waals surface area contributed by atoms with Crippen molar-refractivity contribution in [2.45, 2.75) is 37.6 Å². The zero-order valence-corrected chi connectivity index (χ0v) is 13.3. The van der Waals surface area contributed by atoms with Gasteiger partial charge >= 0.3 is 0 Å². The highest BCUT2D eigenvalue weighted by Crippen LogP contribution is 2.26. The number of aromatic nitrogens is 1. The van der Waals surface area contributed by atoms with Gasteiger partial charge < -0.3 is 19.7 Å². The molecule has 0 aromatic carbocycles. The van der Waals surface area contributed by atoms with Crippen LogP contribution in [0.3, 0.4) is 0 Å². The van der Waals surface area contributed by atoms with Crippen molar-refractivity contribution in [1.82, 2.24) is 10.3 Å². The first-order valence-corrected chi connectivity index (χ1v) is 7.78. The first-order chi connectivity index (χ1) is 10.2. The summed E-state index contributed by atoms with van der Waals surface area (Å²) in [5.41, 5.74) is 0.913. The molecule has 6 heteroatoms. The van der Waals surface area contributed by atoms with Gasteiger partial charge in [0.05, 0.1) is 10.7 Å². The molecule has 21 heavy (non-hydrogen) atoms. The van der Waals surface area contributed by atoms with Crippen molar-refractivity contribution in [3.8, 4) is 0 Å². The van der Waals surface area contributed by atoms with E-state index in [-0.39, 0.29) is 12.2 Å². The second-order valence-electron chi connectivity index (χ2n) is 5.71. The molecule has 1 aromatic heterocycles. The molecule has 2 aliphatic rings. The number of hydrogen-bond acceptors (Lipinski definition) is 5. The van der Waals surface area contributed by atoms with Crippen molar-refractivity contribution in [3.05, 3.63) is 22.8 Å². The molecule has 0 spiro atoms. The van der Waals surface area contributed by atoms with Crippen LogP contribution in [0.1, 0.15) is 18.5 Å². The zero-order valence-electron chi connectivity index (χ0n) is 12.5. The molecule has 2 fully saturated rings. The van der Waals surface area contributed by atoms with Crippen LogP contribution in [0.4, 0.5) is 5.82 Å². The van der Waals surface area contributed by atoms with Gasteiger partial charge in [-0.2, -0.15) is 0 Å². The van der Waals surface area contributed by atoms with Crippen molar-refractivity contribution >= 4 is 17.4 Å². The Morgan fingerprint density at radius 3 is 2.48 bits per heavy atom. The van der Waals surface area contributed by atoms with Gasteiger partial charge in [-0.1, -0.05) is 11.6 Å². The van der Waals surface area contributed by atoms with Gasteiger partial charge in [0.15, 0.2) is 0 Å². The zero-order chi connectivity index (χ0) is 14.8. The average Bonchev–Trinajstić information content (AvgIpc) is 3.23. The van der Waals surface area contributed by atoms with E-state index in [0.29, 0.717) is 6.04 Å². The number of ether oxygens (including phenoxy) is 2. The third-order valence-corrected chi connectivity index (χ3v) is 4.53. The van der Waals surface area contributed by atoms with Gasteiger partial charge in [0, 0.05) is 39.9 Å². The van der Waals surface area contributed by atoms with Gasteiger partial charge in [0.25, 0.3) is 0 Å². The molecule has 2 atom stereocenters. The van der Waals surface area contributed by atoms with Crippen LogP contribution in [0.25, 0.3) is 0 Å². The predicted molar refractivity (Wildman–Crippen MR) is 82.9 cm³/mol. The van der Waals surface area contributed by atoms with E-state index in [9.17, 15) is 0 Å². The molecule has 1 saturated heterocycles. The monoisotopic (exact) mass is 311 g/mol. The smallest absolute Gasteiger partial charge is 0.129 e. The summed E-state index contributed by atoms with van der Waals surface area (Å²) in [6.45, 7) is 2.31. The molecule has 1 aliphatic heterocycles. The van der Waals surface area contributed by atoms with Gasteiger partial charge in [-0.3, -0.25) is 0 Å². The maximum absolute atomic E-state index is 6.25. The van der Waals surface area contributed by atoms with E-state index >= 15 is 0 Å². The molecule has 0 amide bonds. The van der Waals surface area contributed by atoms with Gasteiger partial charge in [-0.25, -0.2) is 4.98 Å². The molecule has 0 bridgehead atoms. The first-order valence-electron chi connectivity index (χ1n) is 7.40. The van der Waals surface area contributed by atoms with E-state index in [2.05, 4.69) is 10.2 Å². The third-order valence-electron chi connectivity index (χ3n) is 4.18.